The molecule has 2 atom stereocenters. The lowest BCUT2D eigenvalue weighted by Crippen LogP contribution is -2.51. The highest BCUT2D eigenvalue weighted by Crippen LogP contribution is 2.25. The topological polar surface area (TPSA) is 95.5 Å². The highest BCUT2D eigenvalue weighted by Gasteiger charge is 2.33. The molecule has 1 aromatic carbocycles. The van der Waals surface area contributed by atoms with Gasteiger partial charge in [0.15, 0.2) is 5.69 Å². The first-order valence-electron chi connectivity index (χ1n) is 9.72. The first kappa shape index (κ1) is 20.3. The second kappa shape index (κ2) is 9.16. The van der Waals surface area contributed by atoms with Gasteiger partial charge in [-0.1, -0.05) is 6.92 Å². The Hall–Kier alpha value is -2.45. The van der Waals surface area contributed by atoms with Crippen LogP contribution in [0.5, 0.6) is 5.75 Å². The standard InChI is InChI=1S/C20H29N5O3/c1-14-5-4-10-24(18(14)13-21)20(26)19-15(2)22-25(23-19)16-6-8-17(9-7-16)28-12-11-27-3/h6-9,14,18H,4-5,10-13,21H2,1-3H3/t14-,18-/m1/s1. The maximum atomic E-state index is 13.1. The number of piperidine rings is 1. The van der Waals surface area contributed by atoms with Crippen molar-refractivity contribution in [3.8, 4) is 11.4 Å². The summed E-state index contributed by atoms with van der Waals surface area (Å²) in [6.45, 7) is 6.16. The van der Waals surface area contributed by atoms with E-state index in [2.05, 4.69) is 17.1 Å². The largest absolute Gasteiger partial charge is 0.491 e. The number of ether oxygens (including phenoxy) is 2. The molecule has 3 rings (SSSR count). The molecule has 1 aromatic heterocycles. The van der Waals surface area contributed by atoms with Crippen LogP contribution in [0.15, 0.2) is 24.3 Å². The smallest absolute Gasteiger partial charge is 0.276 e. The molecular weight excluding hydrogens is 358 g/mol. The Labute approximate surface area is 165 Å². The molecule has 0 unspecified atom stereocenters. The third-order valence-corrected chi connectivity index (χ3v) is 5.23. The highest BCUT2D eigenvalue weighted by molar-refractivity contribution is 5.93. The van der Waals surface area contributed by atoms with Gasteiger partial charge in [-0.3, -0.25) is 4.79 Å². The summed E-state index contributed by atoms with van der Waals surface area (Å²) in [5.74, 6) is 1.04. The van der Waals surface area contributed by atoms with Crippen LogP contribution in [0, 0.1) is 12.8 Å². The molecule has 1 saturated heterocycles. The number of benzene rings is 1. The third kappa shape index (κ3) is 4.34. The minimum absolute atomic E-state index is 0.0503. The van der Waals surface area contributed by atoms with Gasteiger partial charge in [0.05, 0.1) is 18.0 Å². The Morgan fingerprint density at radius 3 is 2.68 bits per heavy atom. The molecular formula is C20H29N5O3. The number of methoxy groups -OCH3 is 1. The fraction of sp³-hybridized carbons (Fsp3) is 0.550. The lowest BCUT2D eigenvalue weighted by molar-refractivity contribution is 0.0525. The summed E-state index contributed by atoms with van der Waals surface area (Å²) >= 11 is 0. The molecule has 0 saturated carbocycles. The van der Waals surface area contributed by atoms with Crippen LogP contribution in [0.1, 0.15) is 35.9 Å². The van der Waals surface area contributed by atoms with E-state index in [9.17, 15) is 4.79 Å². The van der Waals surface area contributed by atoms with E-state index in [0.717, 1.165) is 24.3 Å². The van der Waals surface area contributed by atoms with Crippen LogP contribution in [0.2, 0.25) is 0 Å². The number of aromatic nitrogens is 3. The van der Waals surface area contributed by atoms with Gasteiger partial charge in [0.1, 0.15) is 12.4 Å². The molecule has 2 N–H and O–H groups in total. The zero-order chi connectivity index (χ0) is 20.1. The number of nitrogens with zero attached hydrogens (tertiary/aromatic N) is 4. The van der Waals surface area contributed by atoms with Gasteiger partial charge in [-0.2, -0.15) is 9.90 Å². The van der Waals surface area contributed by atoms with Crippen LogP contribution in [0.3, 0.4) is 0 Å². The predicted molar refractivity (Wildman–Crippen MR) is 106 cm³/mol. The summed E-state index contributed by atoms with van der Waals surface area (Å²) in [5.41, 5.74) is 7.70. The second-order valence-corrected chi connectivity index (χ2v) is 7.18. The predicted octanol–water partition coefficient (Wildman–Crippen LogP) is 1.80. The van der Waals surface area contributed by atoms with Crippen molar-refractivity contribution in [3.63, 3.8) is 0 Å². The summed E-state index contributed by atoms with van der Waals surface area (Å²) in [5, 5.41) is 8.90. The molecule has 1 fully saturated rings. The number of hydrogen-bond acceptors (Lipinski definition) is 6. The maximum absolute atomic E-state index is 13.1. The summed E-state index contributed by atoms with van der Waals surface area (Å²) in [6, 6.07) is 7.47. The number of aryl methyl sites for hydroxylation is 1. The quantitative estimate of drug-likeness (QED) is 0.728. The van der Waals surface area contributed by atoms with Gasteiger partial charge in [-0.15, -0.1) is 5.10 Å². The van der Waals surface area contributed by atoms with Crippen LogP contribution in [-0.2, 0) is 4.74 Å². The molecule has 0 aliphatic carbocycles. The van der Waals surface area contributed by atoms with Crippen LogP contribution < -0.4 is 10.5 Å². The molecule has 2 heterocycles. The number of amides is 1. The van der Waals surface area contributed by atoms with Crippen molar-refractivity contribution >= 4 is 5.91 Å². The lowest BCUT2D eigenvalue weighted by atomic mass is 9.90. The summed E-state index contributed by atoms with van der Waals surface area (Å²) in [6.07, 6.45) is 2.08. The van der Waals surface area contributed by atoms with Crippen molar-refractivity contribution in [2.24, 2.45) is 11.7 Å². The summed E-state index contributed by atoms with van der Waals surface area (Å²) in [4.78, 5) is 16.5. The van der Waals surface area contributed by atoms with Gasteiger partial charge >= 0.3 is 0 Å². The van der Waals surface area contributed by atoms with Gasteiger partial charge in [-0.25, -0.2) is 0 Å². The number of carbonyl (C=O) groups is 1. The van der Waals surface area contributed by atoms with Gasteiger partial charge < -0.3 is 20.1 Å². The van der Waals surface area contributed by atoms with Crippen molar-refractivity contribution in [2.45, 2.75) is 32.7 Å². The monoisotopic (exact) mass is 387 g/mol. The zero-order valence-corrected chi connectivity index (χ0v) is 16.8. The first-order valence-corrected chi connectivity index (χ1v) is 9.72. The fourth-order valence-corrected chi connectivity index (χ4v) is 3.61. The van der Waals surface area contributed by atoms with Crippen LogP contribution >= 0.6 is 0 Å². The lowest BCUT2D eigenvalue weighted by Gasteiger charge is -2.39. The molecule has 0 radical (unpaired) electrons. The van der Waals surface area contributed by atoms with Crippen LogP contribution in [0.4, 0.5) is 0 Å². The van der Waals surface area contributed by atoms with Crippen molar-refractivity contribution in [2.75, 3.05) is 33.4 Å². The second-order valence-electron chi connectivity index (χ2n) is 7.18. The summed E-state index contributed by atoms with van der Waals surface area (Å²) < 4.78 is 10.5. The number of likely N-dealkylation sites (tertiary alicyclic amines) is 1. The third-order valence-electron chi connectivity index (χ3n) is 5.23. The normalized spacial score (nSPS) is 19.6. The molecule has 152 valence electrons. The van der Waals surface area contributed by atoms with E-state index in [4.69, 9.17) is 15.2 Å². The molecule has 2 aromatic rings. The minimum atomic E-state index is -0.0923. The molecule has 1 amide bonds. The molecule has 8 nitrogen and oxygen atoms in total. The molecule has 1 aliphatic heterocycles. The van der Waals surface area contributed by atoms with Crippen molar-refractivity contribution < 1.29 is 14.3 Å². The van der Waals surface area contributed by atoms with Crippen LogP contribution in [0.25, 0.3) is 5.69 Å². The van der Waals surface area contributed by atoms with Gasteiger partial charge in [0.2, 0.25) is 0 Å². The van der Waals surface area contributed by atoms with Gasteiger partial charge in [-0.05, 0) is 49.9 Å². The summed E-state index contributed by atoms with van der Waals surface area (Å²) in [7, 11) is 1.64. The SMILES string of the molecule is COCCOc1ccc(-n2nc(C)c(C(=O)N3CCC[C@@H](C)[C@H]3CN)n2)cc1. The van der Waals surface area contributed by atoms with Gasteiger partial charge in [0.25, 0.3) is 5.91 Å². The molecule has 0 bridgehead atoms. The van der Waals surface area contributed by atoms with E-state index < -0.39 is 0 Å². The maximum Gasteiger partial charge on any atom is 0.276 e. The Bertz CT molecular complexity index is 790. The number of rotatable bonds is 7. The molecule has 28 heavy (non-hydrogen) atoms. The molecule has 0 spiro atoms. The fourth-order valence-electron chi connectivity index (χ4n) is 3.61. The Morgan fingerprint density at radius 2 is 2.00 bits per heavy atom. The van der Waals surface area contributed by atoms with E-state index in [-0.39, 0.29) is 11.9 Å². The Morgan fingerprint density at radius 1 is 1.25 bits per heavy atom. The zero-order valence-electron chi connectivity index (χ0n) is 16.8. The van der Waals surface area contributed by atoms with E-state index in [0.29, 0.717) is 43.6 Å². The molecule has 1 aliphatic rings. The Balaban J connectivity index is 1.76. The van der Waals surface area contributed by atoms with E-state index in [1.165, 1.54) is 4.80 Å². The van der Waals surface area contributed by atoms with E-state index in [1.54, 1.807) is 7.11 Å². The average Bonchev–Trinajstić information content (AvgIpc) is 3.09. The average molecular weight is 387 g/mol. The van der Waals surface area contributed by atoms with Gasteiger partial charge in [0, 0.05) is 26.2 Å². The van der Waals surface area contributed by atoms with E-state index >= 15 is 0 Å². The number of carbonyl (C=O) groups excluding carboxylic acids is 1. The van der Waals surface area contributed by atoms with E-state index in [1.807, 2.05) is 36.1 Å². The first-order chi connectivity index (χ1) is 13.5. The number of hydrogen-bond donors (Lipinski definition) is 1. The number of nitrogens with two attached hydrogens (primary N) is 1. The van der Waals surface area contributed by atoms with Crippen molar-refractivity contribution in [1.82, 2.24) is 19.9 Å². The van der Waals surface area contributed by atoms with Crippen LogP contribution in [-0.4, -0.2) is 65.3 Å². The van der Waals surface area contributed by atoms with Crippen molar-refractivity contribution in [3.05, 3.63) is 35.7 Å². The van der Waals surface area contributed by atoms with Crippen molar-refractivity contribution in [1.29, 1.82) is 0 Å². The minimum Gasteiger partial charge on any atom is -0.491 e. The molecule has 8 heteroatoms. The Kier molecular flexibility index (Phi) is 6.64. The highest BCUT2D eigenvalue weighted by atomic mass is 16.5.